The van der Waals surface area contributed by atoms with Gasteiger partial charge in [0.1, 0.15) is 12.3 Å². The number of rotatable bonds is 14. The van der Waals surface area contributed by atoms with Crippen LogP contribution >= 0.6 is 0 Å². The Morgan fingerprint density at radius 2 is 1.53 bits per heavy atom. The number of aliphatic carboxylic acids is 1. The number of carboxylic acids is 1. The number of anilines is 1. The zero-order valence-electron chi connectivity index (χ0n) is 31.3. The van der Waals surface area contributed by atoms with Crippen LogP contribution in [0.4, 0.5) is 11.4 Å². The number of fused-ring (bicyclic) bond motifs is 2. The van der Waals surface area contributed by atoms with Crippen LogP contribution in [0, 0.1) is 0 Å². The van der Waals surface area contributed by atoms with Crippen molar-refractivity contribution < 1.29 is 58.1 Å². The van der Waals surface area contributed by atoms with Gasteiger partial charge in [-0.2, -0.15) is 21.4 Å². The number of unbranched alkanes of at least 4 members (excludes halogenated alkanes) is 1. The number of nitrogens with zero attached hydrogens (tertiary/aromatic N) is 2. The fourth-order valence-corrected chi connectivity index (χ4v) is 9.28. The quantitative estimate of drug-likeness (QED) is 0.120. The van der Waals surface area contributed by atoms with Crippen molar-refractivity contribution >= 4 is 53.4 Å². The predicted octanol–water partition coefficient (Wildman–Crippen LogP) is 5.61. The largest absolute Gasteiger partial charge is 0.748 e. The summed E-state index contributed by atoms with van der Waals surface area (Å²) in [5.41, 5.74) is 4.33. The van der Waals surface area contributed by atoms with Crippen molar-refractivity contribution in [2.75, 3.05) is 30.9 Å². The smallest absolute Gasteiger partial charge is 0.305 e. The van der Waals surface area contributed by atoms with Crippen molar-refractivity contribution in [1.29, 1.82) is 0 Å². The molecule has 17 heteroatoms. The number of ether oxygens (including phenoxy) is 1. The molecule has 3 aliphatic rings. The minimum Gasteiger partial charge on any atom is -0.748 e. The molecule has 2 aromatic carbocycles. The van der Waals surface area contributed by atoms with E-state index < -0.39 is 52.9 Å². The zero-order chi connectivity index (χ0) is 40.7. The summed E-state index contributed by atoms with van der Waals surface area (Å²) in [6, 6.07) is 8.62. The summed E-state index contributed by atoms with van der Waals surface area (Å²) in [5.74, 6) is -0.870. The van der Waals surface area contributed by atoms with E-state index >= 15 is 0 Å². The van der Waals surface area contributed by atoms with Gasteiger partial charge in [0.05, 0.1) is 38.9 Å². The number of allylic oxidation sites excluding steroid dienone is 7. The Morgan fingerprint density at radius 3 is 2.13 bits per heavy atom. The van der Waals surface area contributed by atoms with Crippen molar-refractivity contribution in [2.45, 2.75) is 86.8 Å². The Bertz CT molecular complexity index is 2400. The fourth-order valence-electron chi connectivity index (χ4n) is 7.71. The molecule has 0 unspecified atom stereocenters. The molecule has 14 nitrogen and oxygen atoms in total. The molecule has 5 rings (SSSR count). The second-order valence-electron chi connectivity index (χ2n) is 14.8. The monoisotopic (exact) mass is 818 g/mol. The summed E-state index contributed by atoms with van der Waals surface area (Å²) in [6.07, 6.45) is 10.1. The van der Waals surface area contributed by atoms with E-state index in [0.717, 1.165) is 29.0 Å². The van der Waals surface area contributed by atoms with Gasteiger partial charge in [-0.05, 0) is 98.7 Å². The first-order valence-electron chi connectivity index (χ1n) is 17.7. The molecule has 1 aliphatic carbocycles. The molecule has 0 atom stereocenters. The lowest BCUT2D eigenvalue weighted by Crippen LogP contribution is -2.28. The summed E-state index contributed by atoms with van der Waals surface area (Å²) < 4.78 is 109. The summed E-state index contributed by atoms with van der Waals surface area (Å²) in [5, 5.41) is 9.50. The Balaban J connectivity index is 1.56. The number of carboxylic acid groups (broad SMARTS) is 1. The molecule has 0 aromatic heterocycles. The molecule has 3 N–H and O–H groups in total. The Morgan fingerprint density at radius 1 is 0.891 bits per heavy atom. The maximum Gasteiger partial charge on any atom is 0.305 e. The molecular formula is C38H46N2O12S3. The second-order valence-corrected chi connectivity index (χ2v) is 19.2. The second kappa shape index (κ2) is 15.4. The van der Waals surface area contributed by atoms with Gasteiger partial charge in [-0.25, -0.2) is 8.42 Å². The van der Waals surface area contributed by atoms with Gasteiger partial charge in [0.25, 0.3) is 20.2 Å². The molecule has 55 heavy (non-hydrogen) atoms. The number of methoxy groups -OCH3 is 1. The minimum absolute atomic E-state index is 0.124. The van der Waals surface area contributed by atoms with E-state index in [1.165, 1.54) is 24.3 Å². The van der Waals surface area contributed by atoms with E-state index in [4.69, 9.17) is 4.74 Å². The van der Waals surface area contributed by atoms with Gasteiger partial charge in [-0.3, -0.25) is 13.9 Å². The summed E-state index contributed by atoms with van der Waals surface area (Å²) in [6.45, 7) is 8.10. The van der Waals surface area contributed by atoms with Crippen LogP contribution in [-0.2, 0) is 50.7 Å². The number of carbonyl (C=O) groups is 1. The molecule has 2 aromatic rings. The molecule has 0 saturated carbocycles. The minimum atomic E-state index is -4.49. The Hall–Kier alpha value is -4.13. The molecule has 0 amide bonds. The number of benzene rings is 2. The van der Waals surface area contributed by atoms with Crippen LogP contribution in [0.15, 0.2) is 93.1 Å². The molecule has 2 aliphatic heterocycles. The van der Waals surface area contributed by atoms with Gasteiger partial charge >= 0.3 is 5.97 Å². The first-order valence-corrected chi connectivity index (χ1v) is 22.1. The van der Waals surface area contributed by atoms with Crippen molar-refractivity contribution in [2.24, 2.45) is 0 Å². The van der Waals surface area contributed by atoms with Gasteiger partial charge in [-0.15, -0.1) is 0 Å². The van der Waals surface area contributed by atoms with Crippen LogP contribution in [0.25, 0.3) is 0 Å². The van der Waals surface area contributed by atoms with Gasteiger partial charge in [0, 0.05) is 53.2 Å². The molecular weight excluding hydrogens is 773 g/mol. The molecule has 0 bridgehead atoms. The normalized spacial score (nSPS) is 19.8. The van der Waals surface area contributed by atoms with Crippen LogP contribution < -0.4 is 4.90 Å². The van der Waals surface area contributed by atoms with Gasteiger partial charge in [-0.1, -0.05) is 19.9 Å². The van der Waals surface area contributed by atoms with E-state index in [1.54, 1.807) is 19.2 Å². The summed E-state index contributed by atoms with van der Waals surface area (Å²) in [4.78, 5) is 12.9. The van der Waals surface area contributed by atoms with Crippen molar-refractivity contribution in [3.05, 3.63) is 94.4 Å². The molecule has 0 spiro atoms. The van der Waals surface area contributed by atoms with E-state index in [9.17, 15) is 48.8 Å². The number of hydrogen-bond acceptors (Lipinski definition) is 10. The standard InChI is InChI=1S/C38H46N2O12S3/c1-37(2)29-23-27(54(46,47)48)13-15-31(29)39(20-6-7-22-53(43,44)45)33(37)17-11-25-9-8-10-26(36(25)52-5)12-18-34-38(3,4)30-24-28(55(49,50)51)14-16-32(30)40(34)21-19-35(41)42/h11-18,23-24H,6-10,19-22H2,1-5H3,(H3-,41,42,43,44,45,46,47,48,49,50,51). The molecule has 0 saturated heterocycles. The topological polar surface area (TPSA) is 219 Å². The lowest BCUT2D eigenvalue weighted by molar-refractivity contribution is -0.438. The third-order valence-electron chi connectivity index (χ3n) is 10.5. The summed E-state index contributed by atoms with van der Waals surface area (Å²) >= 11 is 0. The van der Waals surface area contributed by atoms with Crippen LogP contribution in [0.3, 0.4) is 0 Å². The average molecular weight is 819 g/mol. The third kappa shape index (κ3) is 8.97. The highest BCUT2D eigenvalue weighted by Crippen LogP contribution is 2.49. The van der Waals surface area contributed by atoms with Crippen molar-refractivity contribution in [3.8, 4) is 0 Å². The maximum absolute atomic E-state index is 12.0. The van der Waals surface area contributed by atoms with Gasteiger partial charge < -0.3 is 19.3 Å². The zero-order valence-corrected chi connectivity index (χ0v) is 33.7. The number of hydrogen-bond donors (Lipinski definition) is 3. The van der Waals surface area contributed by atoms with Crippen molar-refractivity contribution in [1.82, 2.24) is 0 Å². The lowest BCUT2D eigenvalue weighted by atomic mass is 9.81. The summed E-state index contributed by atoms with van der Waals surface area (Å²) in [7, 11) is -11.8. The molecule has 0 radical (unpaired) electrons. The van der Waals surface area contributed by atoms with E-state index in [-0.39, 0.29) is 29.2 Å². The van der Waals surface area contributed by atoms with E-state index in [0.29, 0.717) is 54.1 Å². The van der Waals surface area contributed by atoms with Crippen molar-refractivity contribution in [3.63, 3.8) is 0 Å². The lowest BCUT2D eigenvalue weighted by Gasteiger charge is -2.27. The van der Waals surface area contributed by atoms with Gasteiger partial charge in [0.2, 0.25) is 5.69 Å². The van der Waals surface area contributed by atoms with Crippen LogP contribution in [0.2, 0.25) is 0 Å². The van der Waals surface area contributed by atoms with Gasteiger partial charge in [0.15, 0.2) is 5.71 Å². The first kappa shape index (κ1) is 42.0. The highest BCUT2D eigenvalue weighted by Gasteiger charge is 2.45. The van der Waals surface area contributed by atoms with E-state index in [1.807, 2.05) is 61.5 Å². The molecule has 298 valence electrons. The first-order chi connectivity index (χ1) is 25.5. The fraction of sp³-hybridized carbons (Fsp3) is 0.421. The van der Waals surface area contributed by atoms with E-state index in [2.05, 4.69) is 0 Å². The Labute approximate surface area is 322 Å². The van der Waals surface area contributed by atoms with Crippen LogP contribution in [0.5, 0.6) is 0 Å². The Kier molecular flexibility index (Phi) is 11.8. The average Bonchev–Trinajstić information content (AvgIpc) is 3.43. The molecule has 2 heterocycles. The SMILES string of the molecule is COC1=C(/C=C/C2=[N+](CCCCS(=O)(=O)[O-])c3ccc(S(=O)(=O)O)cc3C2(C)C)CCC/C1=C\C=C1\N(CCC(=O)O)c2ccc(S(=O)(=O)O)cc2C1(C)C. The molecule has 0 fully saturated rings. The van der Waals surface area contributed by atoms with Crippen LogP contribution in [-0.4, -0.2) is 86.2 Å². The van der Waals surface area contributed by atoms with Crippen LogP contribution in [0.1, 0.15) is 77.3 Å². The highest BCUT2D eigenvalue weighted by atomic mass is 32.2. The predicted molar refractivity (Wildman–Crippen MR) is 205 cm³/mol. The third-order valence-corrected chi connectivity index (χ3v) is 13.0. The maximum atomic E-state index is 12.0. The highest BCUT2D eigenvalue weighted by molar-refractivity contribution is 7.86.